The van der Waals surface area contributed by atoms with Gasteiger partial charge in [-0.3, -0.25) is 0 Å². The molecular formula is C16H19F2NS. The number of thiophene rings is 1. The number of hydrogen-bond donors (Lipinski definition) is 1. The van der Waals surface area contributed by atoms with E-state index < -0.39 is 11.6 Å². The Bertz CT molecular complexity index is 525. The first-order valence-corrected chi connectivity index (χ1v) is 7.71. The van der Waals surface area contributed by atoms with Gasteiger partial charge in [0.15, 0.2) is 11.6 Å². The summed E-state index contributed by atoms with van der Waals surface area (Å²) in [5, 5.41) is 5.27. The number of benzene rings is 1. The van der Waals surface area contributed by atoms with Crippen LogP contribution >= 0.6 is 11.3 Å². The first-order valence-electron chi connectivity index (χ1n) is 6.83. The van der Waals surface area contributed by atoms with Gasteiger partial charge in [0.1, 0.15) is 0 Å². The maximum atomic E-state index is 13.6. The molecule has 1 aromatic carbocycles. The molecule has 1 atom stereocenters. The van der Waals surface area contributed by atoms with E-state index in [1.807, 2.05) is 7.05 Å². The molecule has 0 aliphatic heterocycles. The first-order chi connectivity index (χ1) is 9.70. The van der Waals surface area contributed by atoms with Crippen LogP contribution in [-0.2, 0) is 12.8 Å². The van der Waals surface area contributed by atoms with Gasteiger partial charge in [-0.05, 0) is 55.8 Å². The van der Waals surface area contributed by atoms with Crippen LogP contribution in [-0.4, -0.2) is 13.1 Å². The Balaban J connectivity index is 1.87. The van der Waals surface area contributed by atoms with Gasteiger partial charge in [-0.15, -0.1) is 11.3 Å². The smallest absolute Gasteiger partial charge is 0.162 e. The molecule has 1 N–H and O–H groups in total. The Morgan fingerprint density at radius 2 is 2.05 bits per heavy atom. The van der Waals surface area contributed by atoms with E-state index in [4.69, 9.17) is 0 Å². The van der Waals surface area contributed by atoms with E-state index in [1.54, 1.807) is 23.5 Å². The maximum absolute atomic E-state index is 13.6. The molecule has 0 amide bonds. The van der Waals surface area contributed by atoms with Gasteiger partial charge in [-0.2, -0.15) is 0 Å². The molecule has 0 saturated heterocycles. The highest BCUT2D eigenvalue weighted by Gasteiger charge is 2.13. The monoisotopic (exact) mass is 295 g/mol. The third-order valence-corrected chi connectivity index (χ3v) is 4.40. The second-order valence-corrected chi connectivity index (χ2v) is 5.91. The van der Waals surface area contributed by atoms with Gasteiger partial charge < -0.3 is 5.32 Å². The summed E-state index contributed by atoms with van der Waals surface area (Å²) in [5.41, 5.74) is 0.445. The molecule has 20 heavy (non-hydrogen) atoms. The summed E-state index contributed by atoms with van der Waals surface area (Å²) in [6.45, 7) is 0. The Morgan fingerprint density at radius 3 is 2.75 bits per heavy atom. The van der Waals surface area contributed by atoms with Crippen molar-refractivity contribution in [3.63, 3.8) is 0 Å². The van der Waals surface area contributed by atoms with Crippen molar-refractivity contribution in [1.29, 1.82) is 0 Å². The lowest BCUT2D eigenvalue weighted by molar-refractivity contribution is 0.467. The standard InChI is InChI=1S/C16H19F2NS/c1-19-13(6-3-7-14-8-4-10-20-14)11-12-5-2-9-15(17)16(12)18/h2,4-5,8-10,13,19H,3,6-7,11H2,1H3. The maximum Gasteiger partial charge on any atom is 0.162 e. The molecular weight excluding hydrogens is 276 g/mol. The molecule has 1 unspecified atom stereocenters. The molecule has 4 heteroatoms. The number of likely N-dealkylation sites (N-methyl/N-ethyl adjacent to an activating group) is 1. The molecule has 0 spiro atoms. The SMILES string of the molecule is CNC(CCCc1cccs1)Cc1cccc(F)c1F. The van der Waals surface area contributed by atoms with Crippen LogP contribution in [0.2, 0.25) is 0 Å². The minimum atomic E-state index is -0.768. The van der Waals surface area contributed by atoms with Crippen molar-refractivity contribution < 1.29 is 8.78 Å². The van der Waals surface area contributed by atoms with Gasteiger partial charge in [-0.25, -0.2) is 8.78 Å². The zero-order valence-corrected chi connectivity index (χ0v) is 12.4. The Kier molecular flexibility index (Phi) is 5.68. The molecule has 0 fully saturated rings. The molecule has 2 rings (SSSR count). The van der Waals surface area contributed by atoms with Crippen LogP contribution in [0.25, 0.3) is 0 Å². The fraction of sp³-hybridized carbons (Fsp3) is 0.375. The van der Waals surface area contributed by atoms with E-state index in [0.29, 0.717) is 12.0 Å². The summed E-state index contributed by atoms with van der Waals surface area (Å²) < 4.78 is 26.8. The zero-order valence-electron chi connectivity index (χ0n) is 11.5. The van der Waals surface area contributed by atoms with Gasteiger partial charge in [0.25, 0.3) is 0 Å². The number of hydrogen-bond acceptors (Lipinski definition) is 2. The van der Waals surface area contributed by atoms with Crippen molar-refractivity contribution in [2.24, 2.45) is 0 Å². The van der Waals surface area contributed by atoms with E-state index in [2.05, 4.69) is 22.8 Å². The van der Waals surface area contributed by atoms with Crippen molar-refractivity contribution >= 4 is 11.3 Å². The summed E-state index contributed by atoms with van der Waals surface area (Å²) in [6.07, 6.45) is 3.55. The fourth-order valence-corrected chi connectivity index (χ4v) is 3.05. The normalized spacial score (nSPS) is 12.6. The van der Waals surface area contributed by atoms with Crippen molar-refractivity contribution in [2.75, 3.05) is 7.05 Å². The minimum Gasteiger partial charge on any atom is -0.317 e. The second kappa shape index (κ2) is 7.50. The van der Waals surface area contributed by atoms with Crippen molar-refractivity contribution in [3.05, 3.63) is 57.8 Å². The van der Waals surface area contributed by atoms with Gasteiger partial charge in [0, 0.05) is 10.9 Å². The average Bonchev–Trinajstić information content (AvgIpc) is 2.95. The average molecular weight is 295 g/mol. The van der Waals surface area contributed by atoms with E-state index in [0.717, 1.165) is 25.3 Å². The predicted octanol–water partition coefficient (Wildman–Crippen LogP) is 4.18. The largest absolute Gasteiger partial charge is 0.317 e. The van der Waals surface area contributed by atoms with Crippen molar-refractivity contribution in [1.82, 2.24) is 5.32 Å². The Labute approximate surface area is 122 Å². The van der Waals surface area contributed by atoms with Crippen LogP contribution < -0.4 is 5.32 Å². The van der Waals surface area contributed by atoms with Crippen molar-refractivity contribution in [2.45, 2.75) is 31.7 Å². The zero-order chi connectivity index (χ0) is 14.4. The summed E-state index contributed by atoms with van der Waals surface area (Å²) in [4.78, 5) is 1.37. The Hall–Kier alpha value is -1.26. The van der Waals surface area contributed by atoms with Crippen LogP contribution in [0.1, 0.15) is 23.3 Å². The Morgan fingerprint density at radius 1 is 1.20 bits per heavy atom. The molecule has 0 bridgehead atoms. The molecule has 108 valence electrons. The second-order valence-electron chi connectivity index (χ2n) is 4.87. The quantitative estimate of drug-likeness (QED) is 0.808. The fourth-order valence-electron chi connectivity index (χ4n) is 2.30. The molecule has 1 aromatic heterocycles. The van der Waals surface area contributed by atoms with Crippen LogP contribution in [0.15, 0.2) is 35.7 Å². The first kappa shape index (κ1) is 15.1. The topological polar surface area (TPSA) is 12.0 Å². The third-order valence-electron chi connectivity index (χ3n) is 3.46. The van der Waals surface area contributed by atoms with Gasteiger partial charge in [0.05, 0.1) is 0 Å². The summed E-state index contributed by atoms with van der Waals surface area (Å²) >= 11 is 1.76. The molecule has 0 radical (unpaired) electrons. The van der Waals surface area contributed by atoms with Crippen LogP contribution in [0.3, 0.4) is 0 Å². The molecule has 2 aromatic rings. The van der Waals surface area contributed by atoms with E-state index in [-0.39, 0.29) is 6.04 Å². The summed E-state index contributed by atoms with van der Waals surface area (Å²) in [6, 6.07) is 8.73. The predicted molar refractivity (Wildman–Crippen MR) is 80.2 cm³/mol. The van der Waals surface area contributed by atoms with Crippen LogP contribution in [0, 0.1) is 11.6 Å². The third kappa shape index (κ3) is 4.12. The van der Waals surface area contributed by atoms with Gasteiger partial charge in [0.2, 0.25) is 0 Å². The number of aryl methyl sites for hydroxylation is 1. The highest BCUT2D eigenvalue weighted by Crippen LogP contribution is 2.17. The van der Waals surface area contributed by atoms with E-state index in [9.17, 15) is 8.78 Å². The lowest BCUT2D eigenvalue weighted by Crippen LogP contribution is -2.28. The number of rotatable bonds is 7. The molecule has 0 saturated carbocycles. The molecule has 0 aliphatic rings. The van der Waals surface area contributed by atoms with Crippen LogP contribution in [0.5, 0.6) is 0 Å². The van der Waals surface area contributed by atoms with Gasteiger partial charge in [-0.1, -0.05) is 18.2 Å². The lowest BCUT2D eigenvalue weighted by Gasteiger charge is -2.16. The number of halogens is 2. The van der Waals surface area contributed by atoms with E-state index in [1.165, 1.54) is 4.88 Å². The molecule has 1 nitrogen and oxygen atoms in total. The highest BCUT2D eigenvalue weighted by molar-refractivity contribution is 7.09. The van der Waals surface area contributed by atoms with Crippen molar-refractivity contribution in [3.8, 4) is 0 Å². The summed E-state index contributed by atoms with van der Waals surface area (Å²) in [7, 11) is 1.87. The lowest BCUT2D eigenvalue weighted by atomic mass is 10.0. The minimum absolute atomic E-state index is 0.172. The van der Waals surface area contributed by atoms with Crippen LogP contribution in [0.4, 0.5) is 8.78 Å². The van der Waals surface area contributed by atoms with Gasteiger partial charge >= 0.3 is 0 Å². The summed E-state index contributed by atoms with van der Waals surface area (Å²) in [5.74, 6) is -1.48. The van der Waals surface area contributed by atoms with E-state index >= 15 is 0 Å². The molecule has 1 heterocycles. The highest BCUT2D eigenvalue weighted by atomic mass is 32.1. The number of nitrogens with one attached hydrogen (secondary N) is 1. The molecule has 0 aliphatic carbocycles.